The Morgan fingerprint density at radius 3 is 2.42 bits per heavy atom. The van der Waals surface area contributed by atoms with Crippen LogP contribution in [0.15, 0.2) is 60.0 Å². The van der Waals surface area contributed by atoms with E-state index in [0.717, 1.165) is 0 Å². The van der Waals surface area contributed by atoms with Crippen molar-refractivity contribution in [2.45, 2.75) is 0 Å². The summed E-state index contributed by atoms with van der Waals surface area (Å²) in [7, 11) is 0. The first-order valence-corrected chi connectivity index (χ1v) is 7.49. The molecule has 0 saturated heterocycles. The SMILES string of the molecule is [Cl-].c1ccc(-c2csc3sc4ccccc4[n+]23)cc1. The molecule has 0 aliphatic rings. The van der Waals surface area contributed by atoms with Crippen LogP contribution in [0.3, 0.4) is 0 Å². The van der Waals surface area contributed by atoms with Crippen LogP contribution in [0.2, 0.25) is 0 Å². The molecule has 0 amide bonds. The maximum atomic E-state index is 2.36. The van der Waals surface area contributed by atoms with E-state index in [4.69, 9.17) is 0 Å². The van der Waals surface area contributed by atoms with Crippen molar-refractivity contribution in [1.82, 2.24) is 0 Å². The fraction of sp³-hybridized carbons (Fsp3) is 0. The van der Waals surface area contributed by atoms with Gasteiger partial charge in [-0.05, 0) is 18.2 Å². The summed E-state index contributed by atoms with van der Waals surface area (Å²) >= 11 is 3.67. The molecular formula is C15H10ClNS2. The van der Waals surface area contributed by atoms with E-state index in [1.165, 1.54) is 25.6 Å². The van der Waals surface area contributed by atoms with Crippen LogP contribution in [-0.2, 0) is 0 Å². The van der Waals surface area contributed by atoms with Crippen LogP contribution in [0, 0.1) is 0 Å². The second-order valence-corrected chi connectivity index (χ2v) is 6.31. The first kappa shape index (κ1) is 12.6. The van der Waals surface area contributed by atoms with Gasteiger partial charge in [-0.2, -0.15) is 0 Å². The Morgan fingerprint density at radius 2 is 1.58 bits per heavy atom. The lowest BCUT2D eigenvalue weighted by molar-refractivity contribution is -0.460. The van der Waals surface area contributed by atoms with Crippen molar-refractivity contribution in [1.29, 1.82) is 0 Å². The molecule has 0 fully saturated rings. The monoisotopic (exact) mass is 303 g/mol. The molecule has 0 saturated carbocycles. The van der Waals surface area contributed by atoms with E-state index < -0.39 is 0 Å². The van der Waals surface area contributed by atoms with Crippen molar-refractivity contribution in [3.05, 3.63) is 60.0 Å². The molecule has 2 aromatic carbocycles. The Kier molecular flexibility index (Phi) is 3.27. The van der Waals surface area contributed by atoms with Crippen LogP contribution in [0.5, 0.6) is 0 Å². The van der Waals surface area contributed by atoms with Gasteiger partial charge >= 0.3 is 4.14 Å². The zero-order valence-electron chi connectivity index (χ0n) is 9.92. The third-order valence-electron chi connectivity index (χ3n) is 3.07. The first-order chi connectivity index (χ1) is 8.93. The molecule has 0 aliphatic heterocycles. The molecule has 0 radical (unpaired) electrons. The average Bonchev–Trinajstić information content (AvgIpc) is 2.98. The standard InChI is InChI=1S/C15H10NS2.ClH/c1-2-6-11(7-3-1)13-10-17-15-16(13)12-8-4-5-9-14(12)18-15;/h1-10H;1H/q+1;/p-1. The van der Waals surface area contributed by atoms with E-state index in [0.29, 0.717) is 0 Å². The van der Waals surface area contributed by atoms with Crippen LogP contribution in [-0.4, -0.2) is 0 Å². The molecule has 0 spiro atoms. The van der Waals surface area contributed by atoms with E-state index >= 15 is 0 Å². The molecule has 19 heavy (non-hydrogen) atoms. The van der Waals surface area contributed by atoms with Gasteiger partial charge in [0.2, 0.25) is 11.2 Å². The lowest BCUT2D eigenvalue weighted by Gasteiger charge is -1.91. The first-order valence-electron chi connectivity index (χ1n) is 5.80. The Morgan fingerprint density at radius 1 is 0.842 bits per heavy atom. The van der Waals surface area contributed by atoms with Crippen molar-refractivity contribution < 1.29 is 16.8 Å². The molecule has 4 heteroatoms. The number of aromatic nitrogens is 1. The summed E-state index contributed by atoms with van der Waals surface area (Å²) in [5.74, 6) is 0. The van der Waals surface area contributed by atoms with Gasteiger partial charge in [-0.25, -0.2) is 0 Å². The molecule has 0 atom stereocenters. The van der Waals surface area contributed by atoms with Gasteiger partial charge in [0.05, 0.1) is 5.38 Å². The fourth-order valence-electron chi connectivity index (χ4n) is 2.24. The van der Waals surface area contributed by atoms with E-state index in [1.807, 2.05) is 22.7 Å². The highest BCUT2D eigenvalue weighted by molar-refractivity contribution is 7.38. The summed E-state index contributed by atoms with van der Waals surface area (Å²) in [5.41, 5.74) is 3.86. The van der Waals surface area contributed by atoms with Gasteiger partial charge in [0.1, 0.15) is 4.70 Å². The third-order valence-corrected chi connectivity index (χ3v) is 5.25. The van der Waals surface area contributed by atoms with Crippen molar-refractivity contribution in [3.63, 3.8) is 0 Å². The van der Waals surface area contributed by atoms with Gasteiger partial charge in [0.15, 0.2) is 0 Å². The minimum Gasteiger partial charge on any atom is -1.00 e. The highest BCUT2D eigenvalue weighted by Gasteiger charge is 2.21. The second-order valence-electron chi connectivity index (χ2n) is 4.16. The smallest absolute Gasteiger partial charge is 0.326 e. The average molecular weight is 304 g/mol. The van der Waals surface area contributed by atoms with Gasteiger partial charge in [-0.3, -0.25) is 0 Å². The number of benzene rings is 2. The molecule has 1 nitrogen and oxygen atoms in total. The second kappa shape index (κ2) is 4.93. The fourth-order valence-corrected chi connectivity index (χ4v) is 4.48. The van der Waals surface area contributed by atoms with Crippen LogP contribution >= 0.6 is 22.7 Å². The summed E-state index contributed by atoms with van der Waals surface area (Å²) in [6, 6.07) is 19.2. The van der Waals surface area contributed by atoms with Crippen LogP contribution in [0.1, 0.15) is 0 Å². The largest absolute Gasteiger partial charge is 1.00 e. The lowest BCUT2D eigenvalue weighted by atomic mass is 10.2. The number of fused-ring (bicyclic) bond motifs is 3. The molecule has 2 heterocycles. The number of halogens is 1. The maximum absolute atomic E-state index is 2.36. The molecule has 0 aliphatic carbocycles. The van der Waals surface area contributed by atoms with Crippen LogP contribution < -0.4 is 16.8 Å². The van der Waals surface area contributed by atoms with Crippen LogP contribution in [0.4, 0.5) is 0 Å². The molecule has 0 N–H and O–H groups in total. The predicted octanol–water partition coefficient (Wildman–Crippen LogP) is 1.37. The molecule has 0 unspecified atom stereocenters. The Bertz CT molecular complexity index is 833. The number of nitrogens with zero attached hydrogens (tertiary/aromatic N) is 1. The number of rotatable bonds is 1. The van der Waals surface area contributed by atoms with E-state index in [1.54, 1.807) is 0 Å². The van der Waals surface area contributed by atoms with E-state index in [9.17, 15) is 0 Å². The van der Waals surface area contributed by atoms with Crippen molar-refractivity contribution in [3.8, 4) is 11.3 Å². The zero-order chi connectivity index (χ0) is 11.9. The minimum absolute atomic E-state index is 0. The maximum Gasteiger partial charge on any atom is 0.326 e. The molecule has 4 aromatic rings. The quantitative estimate of drug-likeness (QED) is 0.468. The number of para-hydroxylation sites is 1. The predicted molar refractivity (Wildman–Crippen MR) is 78.3 cm³/mol. The third kappa shape index (κ3) is 1.94. The van der Waals surface area contributed by atoms with Gasteiger partial charge in [-0.1, -0.05) is 53.0 Å². The lowest BCUT2D eigenvalue weighted by Crippen LogP contribution is -3.00. The van der Waals surface area contributed by atoms with Gasteiger partial charge < -0.3 is 12.4 Å². The number of thiazole rings is 2. The summed E-state index contributed by atoms with van der Waals surface area (Å²) < 4.78 is 5.05. The summed E-state index contributed by atoms with van der Waals surface area (Å²) in [6.07, 6.45) is 0. The normalized spacial score (nSPS) is 10.7. The highest BCUT2D eigenvalue weighted by atomic mass is 35.5. The van der Waals surface area contributed by atoms with Crippen molar-refractivity contribution in [2.24, 2.45) is 0 Å². The molecular weight excluding hydrogens is 294 g/mol. The molecule has 94 valence electrons. The molecule has 4 rings (SSSR count). The molecule has 0 bridgehead atoms. The molecule has 2 aromatic heterocycles. The van der Waals surface area contributed by atoms with Crippen molar-refractivity contribution in [2.75, 3.05) is 0 Å². The summed E-state index contributed by atoms with van der Waals surface area (Å²) in [4.78, 5) is 0. The number of hydrogen-bond donors (Lipinski definition) is 0. The zero-order valence-corrected chi connectivity index (χ0v) is 12.3. The summed E-state index contributed by atoms with van der Waals surface area (Å²) in [5, 5.41) is 2.24. The van der Waals surface area contributed by atoms with Crippen LogP contribution in [0.25, 0.3) is 25.6 Å². The Balaban J connectivity index is 0.00000110. The highest BCUT2D eigenvalue weighted by Crippen LogP contribution is 2.29. The van der Waals surface area contributed by atoms with Crippen molar-refractivity contribution >= 4 is 37.0 Å². The Labute approximate surface area is 125 Å². The van der Waals surface area contributed by atoms with Gasteiger partial charge in [-0.15, -0.1) is 4.40 Å². The van der Waals surface area contributed by atoms with Gasteiger partial charge in [0.25, 0.3) is 0 Å². The Hall–Kier alpha value is -1.42. The van der Waals surface area contributed by atoms with Gasteiger partial charge in [0, 0.05) is 11.6 Å². The topological polar surface area (TPSA) is 4.10 Å². The summed E-state index contributed by atoms with van der Waals surface area (Å²) in [6.45, 7) is 0. The van der Waals surface area contributed by atoms with E-state index in [-0.39, 0.29) is 12.4 Å². The van der Waals surface area contributed by atoms with E-state index in [2.05, 4.69) is 64.4 Å². The minimum atomic E-state index is 0. The number of hydrogen-bond acceptors (Lipinski definition) is 2.